The first-order valence-electron chi connectivity index (χ1n) is 8.19. The Morgan fingerprint density at radius 1 is 1.12 bits per heavy atom. The molecule has 0 aliphatic carbocycles. The minimum absolute atomic E-state index is 0.0385. The summed E-state index contributed by atoms with van der Waals surface area (Å²) in [5, 5.41) is 0. The number of hydrogen-bond acceptors (Lipinski definition) is 5. The number of carbonyl (C=O) groups is 1. The van der Waals surface area contributed by atoms with Gasteiger partial charge in [-0.1, -0.05) is 6.08 Å². The molecule has 1 saturated heterocycles. The fourth-order valence-corrected chi connectivity index (χ4v) is 4.65. The molecule has 8 nitrogen and oxygen atoms in total. The van der Waals surface area contributed by atoms with Crippen molar-refractivity contribution in [2.45, 2.75) is 11.8 Å². The van der Waals surface area contributed by atoms with Gasteiger partial charge in [0.05, 0.1) is 10.6 Å². The predicted molar refractivity (Wildman–Crippen MR) is 98.8 cm³/mol. The van der Waals surface area contributed by atoms with Crippen LogP contribution >= 0.6 is 0 Å². The monoisotopic (exact) mass is 401 g/mol. The molecule has 0 aromatic heterocycles. The van der Waals surface area contributed by atoms with Crippen LogP contribution in [-0.2, 0) is 20.0 Å². The lowest BCUT2D eigenvalue weighted by Gasteiger charge is -2.33. The third-order valence-corrected chi connectivity index (χ3v) is 7.43. The van der Waals surface area contributed by atoms with Crippen LogP contribution in [0.2, 0.25) is 0 Å². The minimum Gasteiger partial charge on any atom is -0.336 e. The number of carbonyl (C=O) groups excluding carboxylic acids is 1. The van der Waals surface area contributed by atoms with Gasteiger partial charge in [-0.2, -0.15) is 4.31 Å². The second kappa shape index (κ2) is 8.30. The van der Waals surface area contributed by atoms with Crippen LogP contribution in [0.3, 0.4) is 0 Å². The number of nitrogens with zero attached hydrogens (tertiary/aromatic N) is 2. The van der Waals surface area contributed by atoms with E-state index in [1.807, 2.05) is 0 Å². The lowest BCUT2D eigenvalue weighted by Crippen LogP contribution is -2.50. The molecule has 0 radical (unpaired) electrons. The predicted octanol–water partition coefficient (Wildman–Crippen LogP) is 0.258. The highest BCUT2D eigenvalue weighted by molar-refractivity contribution is 7.89. The number of amides is 1. The molecule has 2 rings (SSSR count). The van der Waals surface area contributed by atoms with Crippen LogP contribution in [-0.4, -0.2) is 70.4 Å². The third kappa shape index (κ3) is 4.70. The summed E-state index contributed by atoms with van der Waals surface area (Å²) in [5.41, 5.74) is 0.361. The van der Waals surface area contributed by atoms with E-state index in [4.69, 9.17) is 0 Å². The molecule has 0 saturated carbocycles. The zero-order valence-corrected chi connectivity index (χ0v) is 16.2. The first-order valence-corrected chi connectivity index (χ1v) is 11.3. The van der Waals surface area contributed by atoms with Gasteiger partial charge in [-0.05, 0) is 31.2 Å². The van der Waals surface area contributed by atoms with Crippen molar-refractivity contribution in [3.8, 4) is 0 Å². The molecule has 1 aliphatic rings. The van der Waals surface area contributed by atoms with Crippen molar-refractivity contribution >= 4 is 26.0 Å². The first-order chi connectivity index (χ1) is 12.2. The molecule has 10 heteroatoms. The molecule has 26 heavy (non-hydrogen) atoms. The Bertz CT molecular complexity index is 856. The SMILES string of the molecule is C=CCNS(=O)(=O)c1ccc(C(=O)N2CCN(S(=O)(=O)CC)CC2)cc1. The van der Waals surface area contributed by atoms with E-state index >= 15 is 0 Å². The number of sulfonamides is 2. The van der Waals surface area contributed by atoms with Crippen LogP contribution in [0.5, 0.6) is 0 Å². The summed E-state index contributed by atoms with van der Waals surface area (Å²) in [6.07, 6.45) is 1.44. The summed E-state index contributed by atoms with van der Waals surface area (Å²) in [6, 6.07) is 5.66. The van der Waals surface area contributed by atoms with Gasteiger partial charge in [0, 0.05) is 38.3 Å². The lowest BCUT2D eigenvalue weighted by molar-refractivity contribution is 0.0698. The lowest BCUT2D eigenvalue weighted by atomic mass is 10.2. The Balaban J connectivity index is 2.04. The van der Waals surface area contributed by atoms with Gasteiger partial charge in [0.1, 0.15) is 0 Å². The molecule has 1 heterocycles. The first kappa shape index (κ1) is 20.6. The molecule has 0 spiro atoms. The zero-order valence-electron chi connectivity index (χ0n) is 14.6. The smallest absolute Gasteiger partial charge is 0.253 e. The van der Waals surface area contributed by atoms with Crippen molar-refractivity contribution in [1.29, 1.82) is 0 Å². The maximum atomic E-state index is 12.5. The third-order valence-electron chi connectivity index (χ3n) is 4.11. The Morgan fingerprint density at radius 3 is 2.19 bits per heavy atom. The van der Waals surface area contributed by atoms with Crippen molar-refractivity contribution in [2.75, 3.05) is 38.5 Å². The van der Waals surface area contributed by atoms with Crippen molar-refractivity contribution < 1.29 is 21.6 Å². The van der Waals surface area contributed by atoms with Gasteiger partial charge in [0.2, 0.25) is 20.0 Å². The van der Waals surface area contributed by atoms with Crippen LogP contribution in [0.25, 0.3) is 0 Å². The molecule has 144 valence electrons. The van der Waals surface area contributed by atoms with E-state index in [1.165, 1.54) is 34.6 Å². The van der Waals surface area contributed by atoms with Gasteiger partial charge in [-0.3, -0.25) is 4.79 Å². The summed E-state index contributed by atoms with van der Waals surface area (Å²) < 4.78 is 51.5. The van der Waals surface area contributed by atoms with Gasteiger partial charge in [-0.25, -0.2) is 21.6 Å². The van der Waals surface area contributed by atoms with Gasteiger partial charge in [0.25, 0.3) is 5.91 Å². The summed E-state index contributed by atoms with van der Waals surface area (Å²) in [6.45, 7) is 6.30. The Hall–Kier alpha value is -1.75. The molecular weight excluding hydrogens is 378 g/mol. The van der Waals surface area contributed by atoms with Gasteiger partial charge in [-0.15, -0.1) is 6.58 Å². The molecule has 1 fully saturated rings. The maximum Gasteiger partial charge on any atom is 0.253 e. The number of nitrogens with one attached hydrogen (secondary N) is 1. The van der Waals surface area contributed by atoms with Gasteiger partial charge >= 0.3 is 0 Å². The van der Waals surface area contributed by atoms with Crippen LogP contribution < -0.4 is 4.72 Å². The fourth-order valence-electron chi connectivity index (χ4n) is 2.56. The quantitative estimate of drug-likeness (QED) is 0.660. The normalized spacial score (nSPS) is 16.4. The van der Waals surface area contributed by atoms with Crippen molar-refractivity contribution in [3.63, 3.8) is 0 Å². The molecule has 1 aromatic carbocycles. The highest BCUT2D eigenvalue weighted by atomic mass is 32.2. The Morgan fingerprint density at radius 2 is 1.69 bits per heavy atom. The number of hydrogen-bond donors (Lipinski definition) is 1. The Labute approximate surface area is 154 Å². The average Bonchev–Trinajstić information content (AvgIpc) is 2.66. The molecular formula is C16H23N3O5S2. The number of benzene rings is 1. The molecule has 0 atom stereocenters. The van der Waals surface area contributed by atoms with Crippen LogP contribution in [0.1, 0.15) is 17.3 Å². The summed E-state index contributed by atoms with van der Waals surface area (Å²) in [7, 11) is -6.89. The van der Waals surface area contributed by atoms with E-state index in [1.54, 1.807) is 11.8 Å². The van der Waals surface area contributed by atoms with Gasteiger partial charge < -0.3 is 4.90 Å². The topological polar surface area (TPSA) is 104 Å². The molecule has 1 aliphatic heterocycles. The molecule has 1 amide bonds. The largest absolute Gasteiger partial charge is 0.336 e. The summed E-state index contributed by atoms with van der Waals surface area (Å²) in [5.74, 6) is -0.210. The molecule has 0 bridgehead atoms. The Kier molecular flexibility index (Phi) is 6.56. The molecule has 0 unspecified atom stereocenters. The van der Waals surface area contributed by atoms with Crippen LogP contribution in [0.4, 0.5) is 0 Å². The summed E-state index contributed by atoms with van der Waals surface area (Å²) in [4.78, 5) is 14.2. The van der Waals surface area contributed by atoms with E-state index in [9.17, 15) is 21.6 Å². The fraction of sp³-hybridized carbons (Fsp3) is 0.438. The van der Waals surface area contributed by atoms with Crippen LogP contribution in [0, 0.1) is 0 Å². The highest BCUT2D eigenvalue weighted by Crippen LogP contribution is 2.15. The molecule has 1 N–H and O–H groups in total. The van der Waals surface area contributed by atoms with Crippen molar-refractivity contribution in [2.24, 2.45) is 0 Å². The maximum absolute atomic E-state index is 12.5. The highest BCUT2D eigenvalue weighted by Gasteiger charge is 2.28. The number of piperazine rings is 1. The van der Waals surface area contributed by atoms with E-state index in [-0.39, 0.29) is 36.2 Å². The second-order valence-electron chi connectivity index (χ2n) is 5.76. The van der Waals surface area contributed by atoms with Crippen molar-refractivity contribution in [1.82, 2.24) is 13.9 Å². The van der Waals surface area contributed by atoms with E-state index in [0.29, 0.717) is 18.7 Å². The number of rotatable bonds is 7. The van der Waals surface area contributed by atoms with Crippen molar-refractivity contribution in [3.05, 3.63) is 42.5 Å². The average molecular weight is 402 g/mol. The second-order valence-corrected chi connectivity index (χ2v) is 9.78. The summed E-state index contributed by atoms with van der Waals surface area (Å²) >= 11 is 0. The van der Waals surface area contributed by atoms with E-state index in [2.05, 4.69) is 11.3 Å². The standard InChI is InChI=1S/C16H23N3O5S2/c1-3-9-17-26(23,24)15-7-5-14(6-8-15)16(20)18-10-12-19(13-11-18)25(21,22)4-2/h3,5-8,17H,1,4,9-13H2,2H3. The van der Waals surface area contributed by atoms with Crippen LogP contribution in [0.15, 0.2) is 41.8 Å². The van der Waals surface area contributed by atoms with Gasteiger partial charge in [0.15, 0.2) is 0 Å². The zero-order chi connectivity index (χ0) is 19.4. The minimum atomic E-state index is -3.64. The molecule has 1 aromatic rings. The van der Waals surface area contributed by atoms with E-state index in [0.717, 1.165) is 0 Å². The van der Waals surface area contributed by atoms with E-state index < -0.39 is 20.0 Å².